The first-order chi connectivity index (χ1) is 10.1. The molecule has 0 aliphatic rings. The van der Waals surface area contributed by atoms with Gasteiger partial charge in [-0.15, -0.1) is 5.10 Å². The number of aromatic carboxylic acids is 1. The van der Waals surface area contributed by atoms with Crippen LogP contribution in [0.4, 0.5) is 0 Å². The van der Waals surface area contributed by atoms with Crippen molar-refractivity contribution >= 4 is 23.2 Å². The first kappa shape index (κ1) is 13.4. The van der Waals surface area contributed by atoms with Crippen LogP contribution in [0.3, 0.4) is 0 Å². The van der Waals surface area contributed by atoms with Crippen LogP contribution in [0.5, 0.6) is 5.75 Å². The van der Waals surface area contributed by atoms with Crippen LogP contribution in [0.25, 0.3) is 5.65 Å². The van der Waals surface area contributed by atoms with E-state index in [1.807, 2.05) is 0 Å². The van der Waals surface area contributed by atoms with Gasteiger partial charge < -0.3 is 9.84 Å². The molecule has 6 nitrogen and oxygen atoms in total. The third-order valence-corrected chi connectivity index (χ3v) is 3.02. The average Bonchev–Trinajstić information content (AvgIpc) is 2.87. The lowest BCUT2D eigenvalue weighted by Gasteiger charge is -2.02. The molecule has 0 saturated heterocycles. The minimum atomic E-state index is -1.01. The second-order valence-electron chi connectivity index (χ2n) is 4.30. The zero-order valence-electron chi connectivity index (χ0n) is 10.7. The third kappa shape index (κ3) is 2.95. The minimum Gasteiger partial charge on any atom is -0.485 e. The fourth-order valence-electron chi connectivity index (χ4n) is 1.82. The first-order valence-corrected chi connectivity index (χ1v) is 6.46. The number of nitrogens with zero attached hydrogens (tertiary/aromatic N) is 3. The lowest BCUT2D eigenvalue weighted by Crippen LogP contribution is -2.00. The highest BCUT2D eigenvalue weighted by Gasteiger charge is 2.08. The number of carboxylic acid groups (broad SMARTS) is 1. The molecule has 3 rings (SSSR count). The number of benzene rings is 1. The summed E-state index contributed by atoms with van der Waals surface area (Å²) in [6.45, 7) is 0.171. The van der Waals surface area contributed by atoms with Crippen LogP contribution in [-0.2, 0) is 6.61 Å². The number of hydrogen-bond acceptors (Lipinski definition) is 4. The molecular formula is C14H10ClN3O3. The number of carbonyl (C=O) groups is 1. The first-order valence-electron chi connectivity index (χ1n) is 6.09. The van der Waals surface area contributed by atoms with Gasteiger partial charge in [0.1, 0.15) is 12.4 Å². The molecule has 0 spiro atoms. The van der Waals surface area contributed by atoms with E-state index in [1.165, 1.54) is 16.8 Å². The highest BCUT2D eigenvalue weighted by Crippen LogP contribution is 2.18. The van der Waals surface area contributed by atoms with E-state index in [9.17, 15) is 4.79 Å². The lowest BCUT2D eigenvalue weighted by atomic mass is 10.3. The summed E-state index contributed by atoms with van der Waals surface area (Å²) < 4.78 is 6.96. The summed E-state index contributed by atoms with van der Waals surface area (Å²) in [6.07, 6.45) is 1.41. The SMILES string of the molecule is O=C(O)c1ccc2nc(COc3cccc(Cl)c3)nn2c1. The number of rotatable bonds is 4. The largest absolute Gasteiger partial charge is 0.485 e. The van der Waals surface area contributed by atoms with E-state index in [4.69, 9.17) is 21.4 Å². The Morgan fingerprint density at radius 2 is 2.19 bits per heavy atom. The van der Waals surface area contributed by atoms with Gasteiger partial charge in [-0.05, 0) is 30.3 Å². The van der Waals surface area contributed by atoms with Crippen LogP contribution >= 0.6 is 11.6 Å². The van der Waals surface area contributed by atoms with E-state index in [0.717, 1.165) is 0 Å². The van der Waals surface area contributed by atoms with Crippen LogP contribution < -0.4 is 4.74 Å². The number of ether oxygens (including phenoxy) is 1. The van der Waals surface area contributed by atoms with E-state index >= 15 is 0 Å². The molecule has 7 heteroatoms. The van der Waals surface area contributed by atoms with Crippen LogP contribution in [-0.4, -0.2) is 25.7 Å². The molecule has 0 radical (unpaired) electrons. The monoisotopic (exact) mass is 303 g/mol. The van der Waals surface area contributed by atoms with E-state index in [0.29, 0.717) is 22.2 Å². The van der Waals surface area contributed by atoms with Gasteiger partial charge in [0.2, 0.25) is 0 Å². The molecule has 1 aromatic carbocycles. The molecule has 3 aromatic rings. The number of carboxylic acids is 1. The van der Waals surface area contributed by atoms with Crippen molar-refractivity contribution in [2.24, 2.45) is 0 Å². The zero-order valence-corrected chi connectivity index (χ0v) is 11.5. The summed E-state index contributed by atoms with van der Waals surface area (Å²) >= 11 is 5.87. The minimum absolute atomic E-state index is 0.148. The third-order valence-electron chi connectivity index (χ3n) is 2.79. The van der Waals surface area contributed by atoms with Gasteiger partial charge in [-0.1, -0.05) is 17.7 Å². The van der Waals surface area contributed by atoms with Crippen molar-refractivity contribution in [3.63, 3.8) is 0 Å². The molecule has 106 valence electrons. The van der Waals surface area contributed by atoms with E-state index in [1.54, 1.807) is 30.3 Å². The summed E-state index contributed by atoms with van der Waals surface area (Å²) in [5.74, 6) is 0.0641. The van der Waals surface area contributed by atoms with Gasteiger partial charge in [-0.3, -0.25) is 0 Å². The van der Waals surface area contributed by atoms with E-state index < -0.39 is 5.97 Å². The van der Waals surface area contributed by atoms with Crippen molar-refractivity contribution in [2.75, 3.05) is 0 Å². The lowest BCUT2D eigenvalue weighted by molar-refractivity contribution is 0.0696. The Balaban J connectivity index is 1.80. The van der Waals surface area contributed by atoms with Crippen molar-refractivity contribution in [1.29, 1.82) is 0 Å². The summed E-state index contributed by atoms with van der Waals surface area (Å²) in [5, 5.41) is 13.7. The normalized spacial score (nSPS) is 10.7. The number of fused-ring (bicyclic) bond motifs is 1. The summed E-state index contributed by atoms with van der Waals surface area (Å²) in [7, 11) is 0. The summed E-state index contributed by atoms with van der Waals surface area (Å²) in [6, 6.07) is 10.1. The molecule has 0 atom stereocenters. The van der Waals surface area contributed by atoms with Crippen LogP contribution in [0.1, 0.15) is 16.2 Å². The topological polar surface area (TPSA) is 76.7 Å². The average molecular weight is 304 g/mol. The van der Waals surface area contributed by atoms with Crippen molar-refractivity contribution in [2.45, 2.75) is 6.61 Å². The molecule has 0 unspecified atom stereocenters. The standard InChI is InChI=1S/C14H10ClN3O3/c15-10-2-1-3-11(6-10)21-8-12-16-13-5-4-9(14(19)20)7-18(13)17-12/h1-7H,8H2,(H,19,20). The Kier molecular flexibility index (Phi) is 3.45. The van der Waals surface area contributed by atoms with Crippen LogP contribution in [0.2, 0.25) is 5.02 Å². The van der Waals surface area contributed by atoms with Gasteiger partial charge in [0, 0.05) is 11.2 Å². The van der Waals surface area contributed by atoms with Gasteiger partial charge in [-0.2, -0.15) is 0 Å². The van der Waals surface area contributed by atoms with Gasteiger partial charge in [0.25, 0.3) is 0 Å². The number of pyridine rings is 1. The quantitative estimate of drug-likeness (QED) is 0.802. The van der Waals surface area contributed by atoms with Crippen LogP contribution in [0.15, 0.2) is 42.6 Å². The maximum Gasteiger partial charge on any atom is 0.337 e. The highest BCUT2D eigenvalue weighted by molar-refractivity contribution is 6.30. The fraction of sp³-hybridized carbons (Fsp3) is 0.0714. The maximum atomic E-state index is 10.9. The van der Waals surface area contributed by atoms with Crippen molar-refractivity contribution in [3.8, 4) is 5.75 Å². The molecule has 2 aromatic heterocycles. The molecule has 0 aliphatic heterocycles. The fourth-order valence-corrected chi connectivity index (χ4v) is 2.00. The predicted octanol–water partition coefficient (Wildman–Crippen LogP) is 2.66. The van der Waals surface area contributed by atoms with Gasteiger partial charge >= 0.3 is 5.97 Å². The van der Waals surface area contributed by atoms with Crippen molar-refractivity contribution < 1.29 is 14.6 Å². The number of hydrogen-bond donors (Lipinski definition) is 1. The van der Waals surface area contributed by atoms with E-state index in [-0.39, 0.29) is 12.2 Å². The Bertz CT molecular complexity index is 816. The Morgan fingerprint density at radius 3 is 2.95 bits per heavy atom. The molecule has 2 heterocycles. The molecule has 1 N–H and O–H groups in total. The molecule has 0 saturated carbocycles. The summed E-state index contributed by atoms with van der Waals surface area (Å²) in [4.78, 5) is 15.1. The van der Waals surface area contributed by atoms with Gasteiger partial charge in [0.05, 0.1) is 5.56 Å². The Hall–Kier alpha value is -2.60. The van der Waals surface area contributed by atoms with Crippen molar-refractivity contribution in [1.82, 2.24) is 14.6 Å². The second kappa shape index (κ2) is 5.41. The van der Waals surface area contributed by atoms with Gasteiger partial charge in [-0.25, -0.2) is 14.3 Å². The van der Waals surface area contributed by atoms with Crippen molar-refractivity contribution in [3.05, 3.63) is 59.0 Å². The molecule has 0 aliphatic carbocycles. The molecule has 0 fully saturated rings. The molecule has 0 bridgehead atoms. The zero-order chi connectivity index (χ0) is 14.8. The molecule has 0 amide bonds. The number of halogens is 1. The second-order valence-corrected chi connectivity index (χ2v) is 4.74. The molecule has 21 heavy (non-hydrogen) atoms. The Labute approximate surface area is 124 Å². The van der Waals surface area contributed by atoms with Gasteiger partial charge in [0.15, 0.2) is 11.5 Å². The van der Waals surface area contributed by atoms with E-state index in [2.05, 4.69) is 10.1 Å². The summed E-state index contributed by atoms with van der Waals surface area (Å²) in [5.41, 5.74) is 0.708. The number of aromatic nitrogens is 3. The Morgan fingerprint density at radius 1 is 1.33 bits per heavy atom. The maximum absolute atomic E-state index is 10.9. The van der Waals surface area contributed by atoms with Crippen LogP contribution in [0, 0.1) is 0 Å². The highest BCUT2D eigenvalue weighted by atomic mass is 35.5. The molecular weight excluding hydrogens is 294 g/mol. The smallest absolute Gasteiger partial charge is 0.337 e. The predicted molar refractivity (Wildman–Crippen MR) is 75.7 cm³/mol.